The minimum absolute atomic E-state index is 0.134. The van der Waals surface area contributed by atoms with Gasteiger partial charge in [-0.25, -0.2) is 0 Å². The van der Waals surface area contributed by atoms with E-state index in [2.05, 4.69) is 24.5 Å². The summed E-state index contributed by atoms with van der Waals surface area (Å²) in [6.45, 7) is 9.04. The highest BCUT2D eigenvalue weighted by atomic mass is 16.2. The highest BCUT2D eigenvalue weighted by molar-refractivity contribution is 5.78. The van der Waals surface area contributed by atoms with E-state index in [0.717, 1.165) is 12.3 Å². The van der Waals surface area contributed by atoms with Crippen LogP contribution >= 0.6 is 0 Å². The molecule has 15 heavy (non-hydrogen) atoms. The Hall–Kier alpha value is -0.570. The summed E-state index contributed by atoms with van der Waals surface area (Å²) in [4.78, 5) is 11.6. The van der Waals surface area contributed by atoms with Gasteiger partial charge < -0.3 is 10.6 Å². The van der Waals surface area contributed by atoms with E-state index in [0.29, 0.717) is 24.5 Å². The average molecular weight is 212 g/mol. The van der Waals surface area contributed by atoms with Crippen LogP contribution in [0.25, 0.3) is 0 Å². The van der Waals surface area contributed by atoms with E-state index in [9.17, 15) is 4.79 Å². The predicted molar refractivity (Wildman–Crippen MR) is 62.6 cm³/mol. The number of hydrogen-bond acceptors (Lipinski definition) is 2. The van der Waals surface area contributed by atoms with Crippen LogP contribution in [0.2, 0.25) is 0 Å². The molecule has 0 bridgehead atoms. The van der Waals surface area contributed by atoms with Crippen molar-refractivity contribution in [3.63, 3.8) is 0 Å². The molecule has 0 aromatic rings. The van der Waals surface area contributed by atoms with Gasteiger partial charge >= 0.3 is 0 Å². The summed E-state index contributed by atoms with van der Waals surface area (Å²) in [5.41, 5.74) is 0. The summed E-state index contributed by atoms with van der Waals surface area (Å²) in [5, 5.41) is 6.25. The van der Waals surface area contributed by atoms with Gasteiger partial charge in [0.15, 0.2) is 0 Å². The molecule has 3 nitrogen and oxygen atoms in total. The third-order valence-corrected chi connectivity index (χ3v) is 3.48. The number of rotatable bonds is 4. The zero-order valence-electron chi connectivity index (χ0n) is 10.3. The van der Waals surface area contributed by atoms with Gasteiger partial charge in [0.05, 0.1) is 6.54 Å². The van der Waals surface area contributed by atoms with Crippen molar-refractivity contribution in [2.45, 2.75) is 52.6 Å². The Morgan fingerprint density at radius 2 is 2.00 bits per heavy atom. The largest absolute Gasteiger partial charge is 0.352 e. The van der Waals surface area contributed by atoms with Crippen LogP contribution in [-0.4, -0.2) is 24.5 Å². The van der Waals surface area contributed by atoms with Gasteiger partial charge in [-0.15, -0.1) is 0 Å². The zero-order chi connectivity index (χ0) is 11.4. The summed E-state index contributed by atoms with van der Waals surface area (Å²) in [6.07, 6.45) is 2.37. The normalized spacial score (nSPS) is 30.9. The van der Waals surface area contributed by atoms with E-state index in [-0.39, 0.29) is 5.91 Å². The van der Waals surface area contributed by atoms with E-state index in [1.165, 1.54) is 6.42 Å². The maximum absolute atomic E-state index is 11.6. The van der Waals surface area contributed by atoms with E-state index in [1.807, 2.05) is 13.8 Å². The van der Waals surface area contributed by atoms with Crippen LogP contribution < -0.4 is 10.6 Å². The summed E-state index contributed by atoms with van der Waals surface area (Å²) < 4.78 is 0. The molecule has 3 unspecified atom stereocenters. The van der Waals surface area contributed by atoms with Crippen LogP contribution in [0, 0.1) is 11.8 Å². The maximum Gasteiger partial charge on any atom is 0.234 e. The summed E-state index contributed by atoms with van der Waals surface area (Å²) in [5.74, 6) is 1.50. The molecule has 1 saturated carbocycles. The fourth-order valence-corrected chi connectivity index (χ4v) is 2.12. The zero-order valence-corrected chi connectivity index (χ0v) is 10.3. The first-order chi connectivity index (χ1) is 7.00. The van der Waals surface area contributed by atoms with Gasteiger partial charge in [-0.05, 0) is 24.7 Å². The molecule has 0 aromatic heterocycles. The van der Waals surface area contributed by atoms with Crippen molar-refractivity contribution >= 4 is 5.91 Å². The first-order valence-electron chi connectivity index (χ1n) is 6.03. The lowest BCUT2D eigenvalue weighted by molar-refractivity contribution is -0.121. The minimum atomic E-state index is 0.134. The van der Waals surface area contributed by atoms with Crippen molar-refractivity contribution in [3.05, 3.63) is 0 Å². The highest BCUT2D eigenvalue weighted by Gasteiger charge is 2.30. The molecule has 1 rings (SSSR count). The Kier molecular flexibility index (Phi) is 4.58. The Labute approximate surface area is 93.0 Å². The van der Waals surface area contributed by atoms with Gasteiger partial charge in [0, 0.05) is 12.1 Å². The summed E-state index contributed by atoms with van der Waals surface area (Å²) in [7, 11) is 0. The van der Waals surface area contributed by atoms with Crippen LogP contribution in [0.4, 0.5) is 0 Å². The lowest BCUT2D eigenvalue weighted by Crippen LogP contribution is -2.43. The molecule has 0 spiro atoms. The Bertz CT molecular complexity index is 216. The van der Waals surface area contributed by atoms with Crippen LogP contribution in [0.1, 0.15) is 40.5 Å². The van der Waals surface area contributed by atoms with Crippen molar-refractivity contribution in [3.8, 4) is 0 Å². The molecule has 1 fully saturated rings. The van der Waals surface area contributed by atoms with Crippen molar-refractivity contribution in [1.29, 1.82) is 0 Å². The number of nitrogens with one attached hydrogen (secondary N) is 2. The van der Waals surface area contributed by atoms with Crippen LogP contribution in [0.3, 0.4) is 0 Å². The fourth-order valence-electron chi connectivity index (χ4n) is 2.12. The second-order valence-electron chi connectivity index (χ2n) is 5.12. The molecule has 1 aliphatic rings. The summed E-state index contributed by atoms with van der Waals surface area (Å²) in [6, 6.07) is 0.761. The first kappa shape index (κ1) is 12.5. The number of hydrogen-bond donors (Lipinski definition) is 2. The molecular formula is C12H24N2O. The fraction of sp³-hybridized carbons (Fsp3) is 0.917. The van der Waals surface area contributed by atoms with Gasteiger partial charge in [0.1, 0.15) is 0 Å². The average Bonchev–Trinajstić information content (AvgIpc) is 2.47. The van der Waals surface area contributed by atoms with Gasteiger partial charge in [-0.1, -0.05) is 27.7 Å². The van der Waals surface area contributed by atoms with Gasteiger partial charge in [0.2, 0.25) is 5.91 Å². The van der Waals surface area contributed by atoms with Gasteiger partial charge in [-0.3, -0.25) is 4.79 Å². The van der Waals surface area contributed by atoms with Crippen molar-refractivity contribution in [2.24, 2.45) is 11.8 Å². The molecule has 1 amide bonds. The predicted octanol–water partition coefficient (Wildman–Crippen LogP) is 1.54. The lowest BCUT2D eigenvalue weighted by atomic mass is 9.98. The number of carbonyl (C=O) groups is 1. The van der Waals surface area contributed by atoms with Gasteiger partial charge in [-0.2, -0.15) is 0 Å². The molecule has 0 aromatic carbocycles. The Morgan fingerprint density at radius 3 is 2.47 bits per heavy atom. The molecule has 3 heteroatoms. The Morgan fingerprint density at radius 1 is 1.33 bits per heavy atom. The molecule has 0 aliphatic heterocycles. The van der Waals surface area contributed by atoms with E-state index in [4.69, 9.17) is 0 Å². The monoisotopic (exact) mass is 212 g/mol. The molecular weight excluding hydrogens is 188 g/mol. The van der Waals surface area contributed by atoms with E-state index >= 15 is 0 Å². The van der Waals surface area contributed by atoms with E-state index in [1.54, 1.807) is 0 Å². The van der Waals surface area contributed by atoms with Crippen molar-refractivity contribution in [1.82, 2.24) is 10.6 Å². The molecule has 1 aliphatic carbocycles. The van der Waals surface area contributed by atoms with Crippen molar-refractivity contribution < 1.29 is 4.79 Å². The lowest BCUT2D eigenvalue weighted by Gasteiger charge is -2.20. The smallest absolute Gasteiger partial charge is 0.234 e. The standard InChI is InChI=1S/C12H24N2O/c1-8(2)13-7-12(15)14-11-6-5-9(3)10(11)4/h8-11,13H,5-7H2,1-4H3,(H,14,15). The maximum atomic E-state index is 11.6. The van der Waals surface area contributed by atoms with Crippen LogP contribution in [0.5, 0.6) is 0 Å². The molecule has 0 radical (unpaired) electrons. The second-order valence-corrected chi connectivity index (χ2v) is 5.12. The topological polar surface area (TPSA) is 41.1 Å². The third-order valence-electron chi connectivity index (χ3n) is 3.48. The summed E-state index contributed by atoms with van der Waals surface area (Å²) >= 11 is 0. The Balaban J connectivity index is 2.26. The van der Waals surface area contributed by atoms with Crippen LogP contribution in [0.15, 0.2) is 0 Å². The number of amides is 1. The highest BCUT2D eigenvalue weighted by Crippen LogP contribution is 2.30. The molecule has 0 heterocycles. The number of carbonyl (C=O) groups excluding carboxylic acids is 1. The quantitative estimate of drug-likeness (QED) is 0.742. The van der Waals surface area contributed by atoms with E-state index < -0.39 is 0 Å². The van der Waals surface area contributed by atoms with Gasteiger partial charge in [0.25, 0.3) is 0 Å². The minimum Gasteiger partial charge on any atom is -0.352 e. The first-order valence-corrected chi connectivity index (χ1v) is 6.03. The molecule has 3 atom stereocenters. The molecule has 88 valence electrons. The SMILES string of the molecule is CC(C)NCC(=O)NC1CCC(C)C1C. The second kappa shape index (κ2) is 5.50. The third kappa shape index (κ3) is 3.82. The molecule has 0 saturated heterocycles. The van der Waals surface area contributed by atoms with Crippen molar-refractivity contribution in [2.75, 3.05) is 6.54 Å². The molecule has 2 N–H and O–H groups in total. The van der Waals surface area contributed by atoms with Crippen LogP contribution in [-0.2, 0) is 4.79 Å².